The normalized spacial score (nSPS) is 11.9. The zero-order chi connectivity index (χ0) is 31.1. The maximum atomic E-state index is 13.5. The van der Waals surface area contributed by atoms with E-state index in [9.17, 15) is 19.5 Å². The number of H-pyrrole nitrogens is 1. The van der Waals surface area contributed by atoms with E-state index >= 15 is 0 Å². The van der Waals surface area contributed by atoms with Crippen LogP contribution in [0, 0.1) is 0 Å². The summed E-state index contributed by atoms with van der Waals surface area (Å²) in [4.78, 5) is 43.3. The fourth-order valence-electron chi connectivity index (χ4n) is 4.39. The third-order valence-electron chi connectivity index (χ3n) is 6.64. The molecule has 44 heavy (non-hydrogen) atoms. The predicted octanol–water partition coefficient (Wildman–Crippen LogP) is 6.41. The van der Waals surface area contributed by atoms with Crippen molar-refractivity contribution in [1.82, 2.24) is 10.3 Å². The molecule has 9 nitrogen and oxygen atoms in total. The molecular formula is C34H30N4O5S. The molecule has 222 valence electrons. The minimum atomic E-state index is -0.572. The number of benzene rings is 4. The number of amides is 3. The van der Waals surface area contributed by atoms with Gasteiger partial charge in [0.15, 0.2) is 0 Å². The fourth-order valence-corrected chi connectivity index (χ4v) is 5.32. The first kappa shape index (κ1) is 30.0. The average Bonchev–Trinajstić information content (AvgIpc) is 3.50. The summed E-state index contributed by atoms with van der Waals surface area (Å²) in [6.45, 7) is 1.81. The largest absolute Gasteiger partial charge is 0.508 e. The first-order chi connectivity index (χ1) is 21.3. The van der Waals surface area contributed by atoms with Crippen LogP contribution in [0.3, 0.4) is 0 Å². The molecule has 5 N–H and O–H groups in total. The molecule has 0 radical (unpaired) electrons. The summed E-state index contributed by atoms with van der Waals surface area (Å²) in [6, 6.07) is 27.7. The minimum absolute atomic E-state index is 0.00266. The van der Waals surface area contributed by atoms with Crippen LogP contribution in [0.15, 0.2) is 114 Å². The standard InChI is InChI=1S/C34H30N4O5S/c1-21(32(40)36-26-13-11-22-15-16-35-29(22)19-26)44-28-10-6-9-25(18-28)37-34(42)30(38-33(41)23-7-4-3-5-8-23)17-24-12-14-27(39)20-31(24)43-2/h3-21,35,39H,1-2H3,(H,36,40)(H,37,42)(H,38,41)/b30-17+. The molecule has 4 aromatic carbocycles. The molecule has 10 heteroatoms. The topological polar surface area (TPSA) is 133 Å². The summed E-state index contributed by atoms with van der Waals surface area (Å²) in [5.41, 5.74) is 2.92. The van der Waals surface area contributed by atoms with Crippen molar-refractivity contribution >= 4 is 57.8 Å². The van der Waals surface area contributed by atoms with Crippen LogP contribution < -0.4 is 20.7 Å². The monoisotopic (exact) mass is 606 g/mol. The molecule has 0 saturated carbocycles. The summed E-state index contributed by atoms with van der Waals surface area (Å²) in [6.07, 6.45) is 3.32. The molecule has 1 atom stereocenters. The number of anilines is 2. The average molecular weight is 607 g/mol. The van der Waals surface area contributed by atoms with Gasteiger partial charge in [-0.05, 0) is 79.0 Å². The number of methoxy groups -OCH3 is 1. The zero-order valence-corrected chi connectivity index (χ0v) is 24.8. The van der Waals surface area contributed by atoms with Gasteiger partial charge in [0, 0.05) is 45.2 Å². The number of phenols is 1. The maximum absolute atomic E-state index is 13.5. The molecule has 1 unspecified atom stereocenters. The SMILES string of the molecule is COc1cc(O)ccc1/C=C(/NC(=O)c1ccccc1)C(=O)Nc1cccc(SC(C)C(=O)Nc2ccc3cc[nH]c3c2)c1. The Morgan fingerprint density at radius 2 is 1.68 bits per heavy atom. The van der Waals surface area contributed by atoms with Crippen molar-refractivity contribution < 1.29 is 24.2 Å². The van der Waals surface area contributed by atoms with E-state index in [0.29, 0.717) is 28.3 Å². The Bertz CT molecular complexity index is 1850. The molecule has 0 aliphatic carbocycles. The van der Waals surface area contributed by atoms with Crippen LogP contribution in [0.2, 0.25) is 0 Å². The number of nitrogens with one attached hydrogen (secondary N) is 4. The second-order valence-corrected chi connectivity index (χ2v) is 11.2. The second kappa shape index (κ2) is 13.7. The molecule has 5 rings (SSSR count). The zero-order valence-electron chi connectivity index (χ0n) is 24.0. The lowest BCUT2D eigenvalue weighted by atomic mass is 10.1. The molecule has 0 aliphatic rings. The highest BCUT2D eigenvalue weighted by atomic mass is 32.2. The third kappa shape index (κ3) is 7.47. The Morgan fingerprint density at radius 3 is 2.48 bits per heavy atom. The van der Waals surface area contributed by atoms with Gasteiger partial charge in [-0.1, -0.05) is 30.3 Å². The van der Waals surface area contributed by atoms with Crippen LogP contribution >= 0.6 is 11.8 Å². The number of ether oxygens (including phenoxy) is 1. The van der Waals surface area contributed by atoms with Crippen LogP contribution in [-0.4, -0.2) is 40.2 Å². The van der Waals surface area contributed by atoms with Gasteiger partial charge < -0.3 is 30.8 Å². The van der Waals surface area contributed by atoms with Gasteiger partial charge in [0.05, 0.1) is 12.4 Å². The summed E-state index contributed by atoms with van der Waals surface area (Å²) in [5.74, 6) is -0.881. The number of fused-ring (bicyclic) bond motifs is 1. The van der Waals surface area contributed by atoms with Gasteiger partial charge in [0.1, 0.15) is 17.2 Å². The van der Waals surface area contributed by atoms with Crippen molar-refractivity contribution in [3.8, 4) is 11.5 Å². The van der Waals surface area contributed by atoms with Crippen LogP contribution in [0.25, 0.3) is 17.0 Å². The van der Waals surface area contributed by atoms with Crippen molar-refractivity contribution in [2.24, 2.45) is 0 Å². The molecule has 0 saturated heterocycles. The smallest absolute Gasteiger partial charge is 0.272 e. The first-order valence-corrected chi connectivity index (χ1v) is 14.6. The molecule has 3 amide bonds. The Kier molecular flexibility index (Phi) is 9.31. The first-order valence-electron chi connectivity index (χ1n) is 13.7. The van der Waals surface area contributed by atoms with Crippen LogP contribution in [0.1, 0.15) is 22.8 Å². The highest BCUT2D eigenvalue weighted by molar-refractivity contribution is 8.00. The van der Waals surface area contributed by atoms with Crippen molar-refractivity contribution in [3.63, 3.8) is 0 Å². The van der Waals surface area contributed by atoms with Gasteiger partial charge in [-0.15, -0.1) is 11.8 Å². The summed E-state index contributed by atoms with van der Waals surface area (Å²) in [7, 11) is 1.44. The van der Waals surface area contributed by atoms with E-state index in [1.54, 1.807) is 54.6 Å². The van der Waals surface area contributed by atoms with E-state index in [4.69, 9.17) is 4.74 Å². The maximum Gasteiger partial charge on any atom is 0.272 e. The second-order valence-electron chi connectivity index (χ2n) is 9.82. The van der Waals surface area contributed by atoms with Crippen LogP contribution in [0.4, 0.5) is 11.4 Å². The molecule has 0 aliphatic heterocycles. The van der Waals surface area contributed by atoms with Gasteiger partial charge in [-0.25, -0.2) is 0 Å². The Morgan fingerprint density at radius 1 is 0.886 bits per heavy atom. The molecule has 0 spiro atoms. The van der Waals surface area contributed by atoms with E-state index in [-0.39, 0.29) is 17.4 Å². The third-order valence-corrected chi connectivity index (χ3v) is 7.74. The molecule has 5 aromatic rings. The Balaban J connectivity index is 1.31. The number of aromatic hydroxyl groups is 1. The van der Waals surface area contributed by atoms with E-state index in [1.807, 2.05) is 43.5 Å². The molecule has 1 heterocycles. The molecular weight excluding hydrogens is 576 g/mol. The van der Waals surface area contributed by atoms with Crippen molar-refractivity contribution in [2.75, 3.05) is 17.7 Å². The van der Waals surface area contributed by atoms with Gasteiger partial charge in [-0.3, -0.25) is 14.4 Å². The molecule has 0 bridgehead atoms. The number of aromatic amines is 1. The number of hydrogen-bond acceptors (Lipinski definition) is 6. The highest BCUT2D eigenvalue weighted by Crippen LogP contribution is 2.28. The molecule has 1 aromatic heterocycles. The number of phenolic OH excluding ortho intramolecular Hbond substituents is 1. The lowest BCUT2D eigenvalue weighted by molar-refractivity contribution is -0.115. The predicted molar refractivity (Wildman–Crippen MR) is 174 cm³/mol. The number of carbonyl (C=O) groups excluding carboxylic acids is 3. The number of carbonyl (C=O) groups is 3. The van der Waals surface area contributed by atoms with E-state index in [1.165, 1.54) is 37.1 Å². The van der Waals surface area contributed by atoms with Crippen molar-refractivity contribution in [1.29, 1.82) is 0 Å². The number of rotatable bonds is 10. The lowest BCUT2D eigenvalue weighted by Gasteiger charge is -2.14. The highest BCUT2D eigenvalue weighted by Gasteiger charge is 2.18. The Hall–Kier alpha value is -5.48. The van der Waals surface area contributed by atoms with Crippen LogP contribution in [0.5, 0.6) is 11.5 Å². The summed E-state index contributed by atoms with van der Waals surface area (Å²) >= 11 is 1.35. The molecule has 0 fully saturated rings. The van der Waals surface area contributed by atoms with Gasteiger partial charge in [-0.2, -0.15) is 0 Å². The number of hydrogen-bond donors (Lipinski definition) is 5. The summed E-state index contributed by atoms with van der Waals surface area (Å²) in [5, 5.41) is 19.0. The quantitative estimate of drug-likeness (QED) is 0.0922. The number of aromatic nitrogens is 1. The van der Waals surface area contributed by atoms with Crippen molar-refractivity contribution in [2.45, 2.75) is 17.1 Å². The van der Waals surface area contributed by atoms with Gasteiger partial charge >= 0.3 is 0 Å². The van der Waals surface area contributed by atoms with E-state index in [0.717, 1.165) is 15.8 Å². The van der Waals surface area contributed by atoms with E-state index < -0.39 is 17.1 Å². The summed E-state index contributed by atoms with van der Waals surface area (Å²) < 4.78 is 5.35. The van der Waals surface area contributed by atoms with Crippen LogP contribution in [-0.2, 0) is 9.59 Å². The Labute approximate surface area is 258 Å². The number of thioether (sulfide) groups is 1. The van der Waals surface area contributed by atoms with E-state index in [2.05, 4.69) is 20.9 Å². The van der Waals surface area contributed by atoms with Gasteiger partial charge in [0.2, 0.25) is 5.91 Å². The lowest BCUT2D eigenvalue weighted by Crippen LogP contribution is -2.30. The minimum Gasteiger partial charge on any atom is -0.508 e. The van der Waals surface area contributed by atoms with Crippen molar-refractivity contribution in [3.05, 3.63) is 120 Å². The fraction of sp³-hybridized carbons (Fsp3) is 0.0882. The van der Waals surface area contributed by atoms with Gasteiger partial charge in [0.25, 0.3) is 11.8 Å².